The molecule has 0 aliphatic heterocycles. The van der Waals surface area contributed by atoms with Gasteiger partial charge in [0.2, 0.25) is 0 Å². The summed E-state index contributed by atoms with van der Waals surface area (Å²) in [4.78, 5) is 0. The SMILES string of the molecule is CC(OCl)c1ccccc1.[MgH2]. The number of halogens is 1. The van der Waals surface area contributed by atoms with Crippen LogP contribution < -0.4 is 0 Å². The first-order valence-corrected chi connectivity index (χ1v) is 3.48. The maximum absolute atomic E-state index is 5.19. The van der Waals surface area contributed by atoms with Gasteiger partial charge in [-0.25, -0.2) is 0 Å². The van der Waals surface area contributed by atoms with Crippen molar-refractivity contribution in [3.63, 3.8) is 0 Å². The van der Waals surface area contributed by atoms with Crippen LogP contribution >= 0.6 is 11.9 Å². The fourth-order valence-corrected chi connectivity index (χ4v) is 0.878. The van der Waals surface area contributed by atoms with Gasteiger partial charge >= 0.3 is 23.1 Å². The van der Waals surface area contributed by atoms with Gasteiger partial charge in [-0.05, 0) is 12.5 Å². The predicted octanol–water partition coefficient (Wildman–Crippen LogP) is 2.00. The molecule has 0 aliphatic rings. The summed E-state index contributed by atoms with van der Waals surface area (Å²) in [7, 11) is 0. The summed E-state index contributed by atoms with van der Waals surface area (Å²) in [6, 6.07) is 9.84. The first-order chi connectivity index (χ1) is 4.84. The van der Waals surface area contributed by atoms with Crippen molar-refractivity contribution in [2.45, 2.75) is 13.0 Å². The van der Waals surface area contributed by atoms with Crippen LogP contribution in [-0.4, -0.2) is 23.1 Å². The molecule has 0 bridgehead atoms. The Morgan fingerprint density at radius 2 is 1.82 bits per heavy atom. The highest BCUT2D eigenvalue weighted by Gasteiger charge is 2.01. The Balaban J connectivity index is 0.000001000. The minimum atomic E-state index is -0.0251. The van der Waals surface area contributed by atoms with Crippen LogP contribution in [0.1, 0.15) is 18.6 Å². The van der Waals surface area contributed by atoms with Gasteiger partial charge in [-0.3, -0.25) is 4.29 Å². The summed E-state index contributed by atoms with van der Waals surface area (Å²) in [5.74, 6) is 0. The van der Waals surface area contributed by atoms with E-state index < -0.39 is 0 Å². The van der Waals surface area contributed by atoms with Crippen LogP contribution in [0.25, 0.3) is 0 Å². The zero-order valence-electron chi connectivity index (χ0n) is 5.75. The van der Waals surface area contributed by atoms with Gasteiger partial charge in [-0.2, -0.15) is 0 Å². The molecular weight excluding hydrogens is 172 g/mol. The molecule has 1 atom stereocenters. The second-order valence-electron chi connectivity index (χ2n) is 2.14. The topological polar surface area (TPSA) is 9.23 Å². The lowest BCUT2D eigenvalue weighted by Gasteiger charge is -2.05. The molecule has 1 aromatic rings. The standard InChI is InChI=1S/C8H9ClO.Mg.2H/c1-7(10-9)8-5-3-2-4-6-8;;;/h2-7H,1H3;;;. The highest BCUT2D eigenvalue weighted by molar-refractivity contribution is 6.07. The predicted molar refractivity (Wildman–Crippen MR) is 50.3 cm³/mol. The average molecular weight is 183 g/mol. The van der Waals surface area contributed by atoms with Gasteiger partial charge in [0.25, 0.3) is 0 Å². The van der Waals surface area contributed by atoms with Crippen molar-refractivity contribution in [3.05, 3.63) is 35.9 Å². The monoisotopic (exact) mass is 182 g/mol. The number of hydrogen-bond donors (Lipinski definition) is 0. The molecule has 0 fully saturated rings. The van der Waals surface area contributed by atoms with Crippen molar-refractivity contribution >= 4 is 34.9 Å². The van der Waals surface area contributed by atoms with Crippen LogP contribution in [0.5, 0.6) is 0 Å². The lowest BCUT2D eigenvalue weighted by atomic mass is 10.1. The molecule has 0 aliphatic carbocycles. The van der Waals surface area contributed by atoms with E-state index in [1.54, 1.807) is 0 Å². The molecule has 11 heavy (non-hydrogen) atoms. The van der Waals surface area contributed by atoms with Gasteiger partial charge in [0.1, 0.15) is 6.10 Å². The lowest BCUT2D eigenvalue weighted by molar-refractivity contribution is 0.253. The molecule has 3 heteroatoms. The zero-order valence-corrected chi connectivity index (χ0v) is 6.51. The maximum Gasteiger partial charge on any atom is 0.316 e. The third-order valence-corrected chi connectivity index (χ3v) is 1.67. The van der Waals surface area contributed by atoms with Crippen LogP contribution in [0.3, 0.4) is 0 Å². The smallest absolute Gasteiger partial charge is 0.271 e. The second kappa shape index (κ2) is 5.83. The largest absolute Gasteiger partial charge is 0.316 e. The molecule has 0 amide bonds. The minimum absolute atomic E-state index is 0. The van der Waals surface area contributed by atoms with Crippen molar-refractivity contribution < 1.29 is 4.29 Å². The van der Waals surface area contributed by atoms with Crippen molar-refractivity contribution in [2.75, 3.05) is 0 Å². The molecule has 0 saturated heterocycles. The van der Waals surface area contributed by atoms with E-state index in [-0.39, 0.29) is 29.2 Å². The van der Waals surface area contributed by atoms with Crippen LogP contribution in [-0.2, 0) is 4.29 Å². The normalized spacial score (nSPS) is 11.8. The molecule has 0 N–H and O–H groups in total. The van der Waals surface area contributed by atoms with Crippen LogP contribution in [0.4, 0.5) is 0 Å². The van der Waals surface area contributed by atoms with E-state index in [0.717, 1.165) is 5.56 Å². The van der Waals surface area contributed by atoms with E-state index in [2.05, 4.69) is 4.29 Å². The van der Waals surface area contributed by atoms with Gasteiger partial charge in [0.15, 0.2) is 0 Å². The third-order valence-electron chi connectivity index (χ3n) is 1.40. The molecule has 1 unspecified atom stereocenters. The van der Waals surface area contributed by atoms with E-state index in [1.807, 2.05) is 37.3 Å². The van der Waals surface area contributed by atoms with E-state index >= 15 is 0 Å². The average Bonchev–Trinajstić information content (AvgIpc) is 2.05. The highest BCUT2D eigenvalue weighted by Crippen LogP contribution is 2.16. The molecule has 0 spiro atoms. The van der Waals surface area contributed by atoms with Gasteiger partial charge in [-0.15, -0.1) is 0 Å². The van der Waals surface area contributed by atoms with Gasteiger partial charge in [-0.1, -0.05) is 30.3 Å². The Morgan fingerprint density at radius 3 is 2.27 bits per heavy atom. The molecular formula is C8H11ClMgO. The van der Waals surface area contributed by atoms with E-state index in [4.69, 9.17) is 11.9 Å². The number of rotatable bonds is 2. The summed E-state index contributed by atoms with van der Waals surface area (Å²) in [5.41, 5.74) is 1.09. The Morgan fingerprint density at radius 1 is 1.27 bits per heavy atom. The van der Waals surface area contributed by atoms with Crippen molar-refractivity contribution in [2.24, 2.45) is 0 Å². The summed E-state index contributed by atoms with van der Waals surface area (Å²) in [5, 5.41) is 0. The molecule has 1 nitrogen and oxygen atoms in total. The molecule has 0 radical (unpaired) electrons. The van der Waals surface area contributed by atoms with Crippen molar-refractivity contribution in [1.82, 2.24) is 0 Å². The molecule has 0 saturated carbocycles. The fraction of sp³-hybridized carbons (Fsp3) is 0.250. The first kappa shape index (κ1) is 11.2. The van der Waals surface area contributed by atoms with E-state index in [1.165, 1.54) is 0 Å². The Kier molecular flexibility index (Phi) is 5.96. The zero-order chi connectivity index (χ0) is 7.40. The number of hydrogen-bond acceptors (Lipinski definition) is 1. The second-order valence-corrected chi connectivity index (χ2v) is 2.32. The van der Waals surface area contributed by atoms with Crippen molar-refractivity contribution in [3.8, 4) is 0 Å². The minimum Gasteiger partial charge on any atom is -0.271 e. The van der Waals surface area contributed by atoms with Gasteiger partial charge < -0.3 is 0 Å². The van der Waals surface area contributed by atoms with Gasteiger partial charge in [0, 0.05) is 0 Å². The Bertz CT molecular complexity index is 191. The highest BCUT2D eigenvalue weighted by atomic mass is 35.5. The quantitative estimate of drug-likeness (QED) is 0.637. The summed E-state index contributed by atoms with van der Waals surface area (Å²) in [6.07, 6.45) is -0.0251. The maximum atomic E-state index is 5.19. The third kappa shape index (κ3) is 3.43. The summed E-state index contributed by atoms with van der Waals surface area (Å²) < 4.78 is 4.61. The molecule has 58 valence electrons. The summed E-state index contributed by atoms with van der Waals surface area (Å²) in [6.45, 7) is 1.91. The van der Waals surface area contributed by atoms with Crippen LogP contribution in [0, 0.1) is 0 Å². The fourth-order valence-electron chi connectivity index (χ4n) is 0.775. The van der Waals surface area contributed by atoms with Crippen LogP contribution in [0.15, 0.2) is 30.3 Å². The molecule has 1 aromatic carbocycles. The lowest BCUT2D eigenvalue weighted by Crippen LogP contribution is -1.90. The van der Waals surface area contributed by atoms with Crippen molar-refractivity contribution in [1.29, 1.82) is 0 Å². The van der Waals surface area contributed by atoms with E-state index in [0.29, 0.717) is 0 Å². The molecule has 0 aromatic heterocycles. The van der Waals surface area contributed by atoms with E-state index in [9.17, 15) is 0 Å². The molecule has 0 heterocycles. The Labute approximate surface area is 88.0 Å². The van der Waals surface area contributed by atoms with Gasteiger partial charge in [0.05, 0.1) is 11.9 Å². The number of benzene rings is 1. The van der Waals surface area contributed by atoms with Crippen LogP contribution in [0.2, 0.25) is 0 Å². The Hall–Kier alpha value is 0.236. The molecule has 1 rings (SSSR count). The first-order valence-electron chi connectivity index (χ1n) is 3.17. The summed E-state index contributed by atoms with van der Waals surface area (Å²) >= 11 is 5.19.